The van der Waals surface area contributed by atoms with Crippen LogP contribution < -0.4 is 0 Å². The van der Waals surface area contributed by atoms with E-state index in [0.717, 1.165) is 55.3 Å². The van der Waals surface area contributed by atoms with Crippen molar-refractivity contribution in [2.24, 2.45) is 5.92 Å². The Labute approximate surface area is 165 Å². The third kappa shape index (κ3) is 4.02. The van der Waals surface area contributed by atoms with Crippen molar-refractivity contribution in [3.63, 3.8) is 0 Å². The van der Waals surface area contributed by atoms with Gasteiger partial charge in [0.05, 0.1) is 6.10 Å². The zero-order valence-corrected chi connectivity index (χ0v) is 16.1. The first-order chi connectivity index (χ1) is 13.1. The Balaban J connectivity index is 1.43. The van der Waals surface area contributed by atoms with Crippen LogP contribution in [0.4, 0.5) is 0 Å². The minimum absolute atomic E-state index is 0.0126. The van der Waals surface area contributed by atoms with E-state index in [0.29, 0.717) is 17.5 Å². The number of aromatic nitrogens is 1. The van der Waals surface area contributed by atoms with Gasteiger partial charge in [0.2, 0.25) is 5.91 Å². The summed E-state index contributed by atoms with van der Waals surface area (Å²) in [7, 11) is 0. The highest BCUT2D eigenvalue weighted by Crippen LogP contribution is 2.33. The van der Waals surface area contributed by atoms with E-state index >= 15 is 0 Å². The molecule has 2 heterocycles. The Kier molecular flexibility index (Phi) is 5.46. The van der Waals surface area contributed by atoms with Crippen molar-refractivity contribution in [2.45, 2.75) is 50.7 Å². The van der Waals surface area contributed by atoms with Crippen LogP contribution in [0.1, 0.15) is 37.7 Å². The summed E-state index contributed by atoms with van der Waals surface area (Å²) < 4.78 is 0. The smallest absolute Gasteiger partial charge is 0.226 e. The van der Waals surface area contributed by atoms with Gasteiger partial charge in [-0.25, -0.2) is 0 Å². The quantitative estimate of drug-likeness (QED) is 0.863. The van der Waals surface area contributed by atoms with Gasteiger partial charge >= 0.3 is 0 Å². The number of amides is 1. The van der Waals surface area contributed by atoms with E-state index in [9.17, 15) is 9.90 Å². The van der Waals surface area contributed by atoms with Crippen molar-refractivity contribution in [1.82, 2.24) is 9.88 Å². The molecule has 1 N–H and O–H groups in total. The number of halogens is 1. The molecule has 142 valence electrons. The largest absolute Gasteiger partial charge is 0.393 e. The first kappa shape index (κ1) is 18.5. The summed E-state index contributed by atoms with van der Waals surface area (Å²) in [5.41, 5.74) is 3.11. The first-order valence-corrected chi connectivity index (χ1v) is 10.2. The average molecular weight is 385 g/mol. The highest BCUT2D eigenvalue weighted by atomic mass is 35.5. The number of aliphatic hydroxyl groups excluding tert-OH is 1. The molecule has 27 heavy (non-hydrogen) atoms. The summed E-state index contributed by atoms with van der Waals surface area (Å²) in [5.74, 6) is 0.266. The van der Waals surface area contributed by atoms with Crippen LogP contribution in [0, 0.1) is 5.92 Å². The summed E-state index contributed by atoms with van der Waals surface area (Å²) in [6.45, 7) is 0.829. The van der Waals surface area contributed by atoms with Gasteiger partial charge in [0.1, 0.15) is 0 Å². The normalized spacial score (nSPS) is 25.8. The summed E-state index contributed by atoms with van der Waals surface area (Å²) in [6, 6.07) is 10.3. The number of carbonyl (C=O) groups is 1. The predicted octanol–water partition coefficient (Wildman–Crippen LogP) is 4.10. The Morgan fingerprint density at radius 3 is 2.63 bits per heavy atom. The van der Waals surface area contributed by atoms with Crippen LogP contribution >= 0.6 is 11.6 Å². The van der Waals surface area contributed by atoms with Crippen LogP contribution in [-0.2, 0) is 11.2 Å². The van der Waals surface area contributed by atoms with Crippen molar-refractivity contribution in [2.75, 3.05) is 6.54 Å². The maximum atomic E-state index is 12.9. The third-order valence-corrected chi connectivity index (χ3v) is 6.32. The van der Waals surface area contributed by atoms with Crippen LogP contribution in [0.2, 0.25) is 5.02 Å². The lowest BCUT2D eigenvalue weighted by atomic mass is 9.92. The molecule has 0 spiro atoms. The number of nitrogens with zero attached hydrogens (tertiary/aromatic N) is 2. The van der Waals surface area contributed by atoms with Crippen molar-refractivity contribution in [1.29, 1.82) is 0 Å². The van der Waals surface area contributed by atoms with E-state index in [-0.39, 0.29) is 17.9 Å². The molecule has 4 rings (SSSR count). The van der Waals surface area contributed by atoms with Crippen LogP contribution in [0.25, 0.3) is 11.1 Å². The molecule has 1 saturated carbocycles. The van der Waals surface area contributed by atoms with E-state index in [4.69, 9.17) is 11.6 Å². The van der Waals surface area contributed by atoms with E-state index in [1.54, 1.807) is 6.20 Å². The highest BCUT2D eigenvalue weighted by Gasteiger charge is 2.37. The second-order valence-corrected chi connectivity index (χ2v) is 8.14. The van der Waals surface area contributed by atoms with Gasteiger partial charge in [-0.2, -0.15) is 0 Å². The van der Waals surface area contributed by atoms with Gasteiger partial charge in [-0.05, 0) is 61.8 Å². The van der Waals surface area contributed by atoms with Crippen molar-refractivity contribution in [3.8, 4) is 11.1 Å². The Hall–Kier alpha value is -1.91. The zero-order valence-electron chi connectivity index (χ0n) is 15.4. The second-order valence-electron chi connectivity index (χ2n) is 7.73. The molecule has 0 radical (unpaired) electrons. The van der Waals surface area contributed by atoms with Crippen LogP contribution in [0.5, 0.6) is 0 Å². The molecule has 1 aliphatic heterocycles. The molecule has 1 amide bonds. The van der Waals surface area contributed by atoms with Gasteiger partial charge in [0, 0.05) is 41.5 Å². The fraction of sp³-hybridized carbons (Fsp3) is 0.455. The topological polar surface area (TPSA) is 53.4 Å². The molecule has 5 heteroatoms. The van der Waals surface area contributed by atoms with Gasteiger partial charge in [-0.3, -0.25) is 9.78 Å². The van der Waals surface area contributed by atoms with Gasteiger partial charge in [-0.15, -0.1) is 0 Å². The van der Waals surface area contributed by atoms with E-state index in [2.05, 4.69) is 16.0 Å². The van der Waals surface area contributed by atoms with Crippen molar-refractivity contribution >= 4 is 17.5 Å². The van der Waals surface area contributed by atoms with Crippen LogP contribution in [-0.4, -0.2) is 39.6 Å². The molecule has 2 fully saturated rings. The molecule has 1 saturated heterocycles. The minimum atomic E-state index is -0.188. The monoisotopic (exact) mass is 384 g/mol. The zero-order chi connectivity index (χ0) is 18.8. The highest BCUT2D eigenvalue weighted by molar-refractivity contribution is 6.31. The minimum Gasteiger partial charge on any atom is -0.393 e. The number of pyridine rings is 1. The molecular weight excluding hydrogens is 360 g/mol. The van der Waals surface area contributed by atoms with Crippen LogP contribution in [0.15, 0.2) is 42.7 Å². The summed E-state index contributed by atoms with van der Waals surface area (Å²) in [4.78, 5) is 19.1. The van der Waals surface area contributed by atoms with Gasteiger partial charge in [0.25, 0.3) is 0 Å². The Bertz CT molecular complexity index is 803. The Morgan fingerprint density at radius 2 is 1.93 bits per heavy atom. The summed E-state index contributed by atoms with van der Waals surface area (Å²) in [6.07, 6.45) is 8.42. The fourth-order valence-electron chi connectivity index (χ4n) is 4.38. The molecule has 2 aromatic rings. The number of hydrogen-bond acceptors (Lipinski definition) is 3. The fourth-order valence-corrected chi connectivity index (χ4v) is 4.63. The maximum absolute atomic E-state index is 12.9. The standard InChI is InChI=1S/C22H25ClN2O2/c23-21-13-15(18-2-1-10-24-14-18)3-4-16(21)12-17-9-11-25(22(17)27)19-5-7-20(26)8-6-19/h1-4,10,13-14,17,19-20,26H,5-9,11-12H2. The lowest BCUT2D eigenvalue weighted by Gasteiger charge is -2.33. The van der Waals surface area contributed by atoms with Crippen molar-refractivity contribution < 1.29 is 9.90 Å². The number of carbonyl (C=O) groups excluding carboxylic acids is 1. The molecule has 1 unspecified atom stereocenters. The number of hydrogen-bond donors (Lipinski definition) is 1. The summed E-state index contributed by atoms with van der Waals surface area (Å²) >= 11 is 6.53. The van der Waals surface area contributed by atoms with Gasteiger partial charge in [-0.1, -0.05) is 29.8 Å². The molecule has 1 atom stereocenters. The molecule has 1 aromatic carbocycles. The van der Waals surface area contributed by atoms with Crippen LogP contribution in [0.3, 0.4) is 0 Å². The molecular formula is C22H25ClN2O2. The SMILES string of the molecule is O=C1C(Cc2ccc(-c3cccnc3)cc2Cl)CCN1C1CCC(O)CC1. The maximum Gasteiger partial charge on any atom is 0.226 e. The van der Waals surface area contributed by atoms with Gasteiger partial charge < -0.3 is 10.0 Å². The number of aliphatic hydroxyl groups is 1. The van der Waals surface area contributed by atoms with Gasteiger partial charge in [0.15, 0.2) is 0 Å². The average Bonchev–Trinajstić information content (AvgIpc) is 3.05. The Morgan fingerprint density at radius 1 is 1.11 bits per heavy atom. The molecule has 0 bridgehead atoms. The molecule has 1 aromatic heterocycles. The second kappa shape index (κ2) is 7.99. The first-order valence-electron chi connectivity index (χ1n) is 9.79. The summed E-state index contributed by atoms with van der Waals surface area (Å²) in [5, 5.41) is 10.4. The van der Waals surface area contributed by atoms with E-state index < -0.39 is 0 Å². The molecule has 4 nitrogen and oxygen atoms in total. The number of likely N-dealkylation sites (tertiary alicyclic amines) is 1. The lowest BCUT2D eigenvalue weighted by Crippen LogP contribution is -2.41. The molecule has 1 aliphatic carbocycles. The number of benzene rings is 1. The van der Waals surface area contributed by atoms with E-state index in [1.807, 2.05) is 30.5 Å². The number of rotatable bonds is 4. The molecule has 2 aliphatic rings. The van der Waals surface area contributed by atoms with Crippen molar-refractivity contribution in [3.05, 3.63) is 53.3 Å². The third-order valence-electron chi connectivity index (χ3n) is 5.97. The van der Waals surface area contributed by atoms with E-state index in [1.165, 1.54) is 0 Å². The predicted molar refractivity (Wildman–Crippen MR) is 106 cm³/mol. The lowest BCUT2D eigenvalue weighted by molar-refractivity contribution is -0.133.